The summed E-state index contributed by atoms with van der Waals surface area (Å²) in [6.45, 7) is 1.53. The molecule has 0 heterocycles. The van der Waals surface area contributed by atoms with Gasteiger partial charge in [0.15, 0.2) is 0 Å². The van der Waals surface area contributed by atoms with Crippen molar-refractivity contribution in [3.8, 4) is 17.6 Å². The van der Waals surface area contributed by atoms with Crippen LogP contribution in [0.25, 0.3) is 0 Å². The quantitative estimate of drug-likeness (QED) is 0.914. The lowest BCUT2D eigenvalue weighted by atomic mass is 10.1. The highest BCUT2D eigenvalue weighted by Crippen LogP contribution is 2.31. The Morgan fingerprint density at radius 3 is 2.63 bits per heavy atom. The van der Waals surface area contributed by atoms with E-state index in [1.54, 1.807) is 24.3 Å². The zero-order valence-electron chi connectivity index (χ0n) is 10.3. The molecule has 0 unspecified atom stereocenters. The number of para-hydroxylation sites is 1. The van der Waals surface area contributed by atoms with Crippen LogP contribution in [-0.2, 0) is 0 Å². The summed E-state index contributed by atoms with van der Waals surface area (Å²) in [4.78, 5) is 0. The van der Waals surface area contributed by atoms with Crippen molar-refractivity contribution in [2.24, 2.45) is 0 Å². The first kappa shape index (κ1) is 13.1. The Morgan fingerprint density at radius 1 is 1.21 bits per heavy atom. The molecule has 0 saturated heterocycles. The first-order valence-corrected chi connectivity index (χ1v) is 5.76. The average molecular weight is 257 g/mol. The third-order valence-electron chi connectivity index (χ3n) is 2.65. The second-order valence-corrected chi connectivity index (χ2v) is 4.07. The SMILES string of the molecule is C[C@@H](O)c1cc(F)ccc1Oc1ccccc1C#N. The summed E-state index contributed by atoms with van der Waals surface area (Å²) in [7, 11) is 0. The van der Waals surface area contributed by atoms with Gasteiger partial charge in [-0.3, -0.25) is 0 Å². The van der Waals surface area contributed by atoms with Gasteiger partial charge in [-0.1, -0.05) is 12.1 Å². The number of hydrogen-bond acceptors (Lipinski definition) is 3. The van der Waals surface area contributed by atoms with Crippen molar-refractivity contribution in [2.75, 3.05) is 0 Å². The minimum atomic E-state index is -0.861. The van der Waals surface area contributed by atoms with Crippen molar-refractivity contribution in [1.82, 2.24) is 0 Å². The molecule has 0 aliphatic heterocycles. The van der Waals surface area contributed by atoms with Crippen molar-refractivity contribution in [2.45, 2.75) is 13.0 Å². The van der Waals surface area contributed by atoms with Gasteiger partial charge in [0.05, 0.1) is 11.7 Å². The second-order valence-electron chi connectivity index (χ2n) is 4.07. The fraction of sp³-hybridized carbons (Fsp3) is 0.133. The molecule has 0 aliphatic carbocycles. The lowest BCUT2D eigenvalue weighted by Crippen LogP contribution is -1.98. The first-order valence-electron chi connectivity index (χ1n) is 5.76. The monoisotopic (exact) mass is 257 g/mol. The summed E-state index contributed by atoms with van der Waals surface area (Å²) in [5.74, 6) is 0.259. The number of rotatable bonds is 3. The van der Waals surface area contributed by atoms with E-state index < -0.39 is 11.9 Å². The highest BCUT2D eigenvalue weighted by atomic mass is 19.1. The largest absolute Gasteiger partial charge is 0.456 e. The standard InChI is InChI=1S/C15H12FNO2/c1-10(18)13-8-12(16)6-7-15(13)19-14-5-3-2-4-11(14)9-17/h2-8,10,18H,1H3/t10-/m1/s1. The van der Waals surface area contributed by atoms with Gasteiger partial charge in [-0.15, -0.1) is 0 Å². The molecule has 2 aromatic carbocycles. The van der Waals surface area contributed by atoms with E-state index in [0.717, 1.165) is 0 Å². The molecule has 3 nitrogen and oxygen atoms in total. The molecule has 0 aromatic heterocycles. The Balaban J connectivity index is 2.41. The lowest BCUT2D eigenvalue weighted by Gasteiger charge is -2.13. The number of benzene rings is 2. The molecule has 1 atom stereocenters. The van der Waals surface area contributed by atoms with Crippen LogP contribution in [0, 0.1) is 17.1 Å². The number of hydrogen-bond donors (Lipinski definition) is 1. The number of nitriles is 1. The number of aliphatic hydroxyl groups excluding tert-OH is 1. The molecule has 1 N–H and O–H groups in total. The van der Waals surface area contributed by atoms with Gasteiger partial charge in [0.2, 0.25) is 0 Å². The van der Waals surface area contributed by atoms with Crippen molar-refractivity contribution in [3.05, 3.63) is 59.4 Å². The minimum absolute atomic E-state index is 0.332. The van der Waals surface area contributed by atoms with Gasteiger partial charge in [-0.05, 0) is 37.3 Å². The van der Waals surface area contributed by atoms with Crippen molar-refractivity contribution < 1.29 is 14.2 Å². The third kappa shape index (κ3) is 2.90. The number of halogens is 1. The zero-order valence-corrected chi connectivity index (χ0v) is 10.3. The van der Waals surface area contributed by atoms with Crippen LogP contribution in [-0.4, -0.2) is 5.11 Å². The maximum atomic E-state index is 13.2. The van der Waals surface area contributed by atoms with Gasteiger partial charge in [0.25, 0.3) is 0 Å². The van der Waals surface area contributed by atoms with Gasteiger partial charge in [0.1, 0.15) is 23.4 Å². The van der Waals surface area contributed by atoms with Crippen LogP contribution in [0.2, 0.25) is 0 Å². The number of ether oxygens (including phenoxy) is 1. The topological polar surface area (TPSA) is 53.2 Å². The highest BCUT2D eigenvalue weighted by Gasteiger charge is 2.12. The van der Waals surface area contributed by atoms with Gasteiger partial charge >= 0.3 is 0 Å². The molecule has 96 valence electrons. The highest BCUT2D eigenvalue weighted by molar-refractivity contribution is 5.47. The van der Waals surface area contributed by atoms with Gasteiger partial charge in [-0.25, -0.2) is 4.39 Å². The van der Waals surface area contributed by atoms with Gasteiger partial charge in [0, 0.05) is 5.56 Å². The normalized spacial score (nSPS) is 11.7. The van der Waals surface area contributed by atoms with Crippen LogP contribution in [0.3, 0.4) is 0 Å². The first-order chi connectivity index (χ1) is 9.11. The van der Waals surface area contributed by atoms with E-state index in [0.29, 0.717) is 22.6 Å². The van der Waals surface area contributed by atoms with Crippen molar-refractivity contribution in [1.29, 1.82) is 5.26 Å². The van der Waals surface area contributed by atoms with Crippen LogP contribution in [0.15, 0.2) is 42.5 Å². The molecule has 0 spiro atoms. The van der Waals surface area contributed by atoms with E-state index >= 15 is 0 Å². The van der Waals surface area contributed by atoms with Crippen LogP contribution < -0.4 is 4.74 Å². The Labute approximate surface area is 110 Å². The maximum Gasteiger partial charge on any atom is 0.145 e. The van der Waals surface area contributed by atoms with Crippen LogP contribution >= 0.6 is 0 Å². The average Bonchev–Trinajstić information content (AvgIpc) is 2.41. The molecule has 2 rings (SSSR count). The van der Waals surface area contributed by atoms with E-state index in [-0.39, 0.29) is 0 Å². The molecular formula is C15H12FNO2. The molecule has 2 aromatic rings. The summed E-state index contributed by atoms with van der Waals surface area (Å²) in [5.41, 5.74) is 0.719. The minimum Gasteiger partial charge on any atom is -0.456 e. The summed E-state index contributed by atoms with van der Waals surface area (Å²) in [5, 5.41) is 18.6. The van der Waals surface area contributed by atoms with Crippen molar-refractivity contribution in [3.63, 3.8) is 0 Å². The second kappa shape index (κ2) is 5.51. The fourth-order valence-electron chi connectivity index (χ4n) is 1.71. The molecule has 0 fully saturated rings. The smallest absolute Gasteiger partial charge is 0.145 e. The number of nitrogens with zero attached hydrogens (tertiary/aromatic N) is 1. The lowest BCUT2D eigenvalue weighted by molar-refractivity contribution is 0.195. The van der Waals surface area contributed by atoms with E-state index in [9.17, 15) is 9.50 Å². The zero-order chi connectivity index (χ0) is 13.8. The molecule has 0 bridgehead atoms. The fourth-order valence-corrected chi connectivity index (χ4v) is 1.71. The molecule has 0 radical (unpaired) electrons. The van der Waals surface area contributed by atoms with E-state index in [2.05, 4.69) is 0 Å². The third-order valence-corrected chi connectivity index (χ3v) is 2.65. The van der Waals surface area contributed by atoms with Crippen LogP contribution in [0.5, 0.6) is 11.5 Å². The van der Waals surface area contributed by atoms with Crippen molar-refractivity contribution >= 4 is 0 Å². The van der Waals surface area contributed by atoms with Gasteiger partial charge < -0.3 is 9.84 Å². The van der Waals surface area contributed by atoms with Gasteiger partial charge in [-0.2, -0.15) is 5.26 Å². The molecule has 0 saturated carbocycles. The van der Waals surface area contributed by atoms with E-state index in [4.69, 9.17) is 10.00 Å². The predicted octanol–water partition coefficient (Wildman–Crippen LogP) is 3.54. The van der Waals surface area contributed by atoms with E-state index in [1.807, 2.05) is 6.07 Å². The maximum absolute atomic E-state index is 13.2. The summed E-state index contributed by atoms with van der Waals surface area (Å²) in [6, 6.07) is 12.7. The molecule has 19 heavy (non-hydrogen) atoms. The van der Waals surface area contributed by atoms with E-state index in [1.165, 1.54) is 25.1 Å². The van der Waals surface area contributed by atoms with Crippen LogP contribution in [0.4, 0.5) is 4.39 Å². The molecule has 0 aliphatic rings. The Kier molecular flexibility index (Phi) is 3.79. The van der Waals surface area contributed by atoms with Crippen LogP contribution in [0.1, 0.15) is 24.2 Å². The molecule has 4 heteroatoms. The number of aliphatic hydroxyl groups is 1. The molecule has 0 amide bonds. The summed E-state index contributed by atoms with van der Waals surface area (Å²) in [6.07, 6.45) is -0.861. The summed E-state index contributed by atoms with van der Waals surface area (Å²) >= 11 is 0. The Bertz CT molecular complexity index is 632. The summed E-state index contributed by atoms with van der Waals surface area (Å²) < 4.78 is 18.8. The predicted molar refractivity (Wildman–Crippen MR) is 68.3 cm³/mol. The Hall–Kier alpha value is -2.38. The Morgan fingerprint density at radius 2 is 1.95 bits per heavy atom. The molecular weight excluding hydrogens is 245 g/mol.